The molecule has 0 atom stereocenters. The van der Waals surface area contributed by atoms with Gasteiger partial charge in [0.05, 0.1) is 30.3 Å². The van der Waals surface area contributed by atoms with Gasteiger partial charge in [-0.3, -0.25) is 9.69 Å². The van der Waals surface area contributed by atoms with Gasteiger partial charge in [-0.1, -0.05) is 6.07 Å². The van der Waals surface area contributed by atoms with Crippen LogP contribution in [-0.2, 0) is 16.1 Å². The Balaban J connectivity index is 1.59. The summed E-state index contributed by atoms with van der Waals surface area (Å²) in [5.41, 5.74) is 0.880. The summed E-state index contributed by atoms with van der Waals surface area (Å²) in [6.45, 7) is 5.49. The van der Waals surface area contributed by atoms with Crippen molar-refractivity contribution in [3.63, 3.8) is 0 Å². The molecule has 0 radical (unpaired) electrons. The first-order valence-electron chi connectivity index (χ1n) is 7.67. The standard InChI is InChI=1S/C16H21N3O3S/c1-12-13(17-16(22-12)14-4-3-9-23-14)10-18(2)11-15(20)19-5-7-21-8-6-19/h3-4,9H,5-8,10-11H2,1-2H3. The Labute approximate surface area is 139 Å². The Kier molecular flexibility index (Phi) is 5.09. The quantitative estimate of drug-likeness (QED) is 0.836. The van der Waals surface area contributed by atoms with Crippen molar-refractivity contribution in [3.8, 4) is 10.8 Å². The molecule has 0 spiro atoms. The van der Waals surface area contributed by atoms with E-state index in [-0.39, 0.29) is 5.91 Å². The summed E-state index contributed by atoms with van der Waals surface area (Å²) in [5, 5.41) is 2.00. The molecule has 6 nitrogen and oxygen atoms in total. The van der Waals surface area contributed by atoms with Gasteiger partial charge in [-0.2, -0.15) is 0 Å². The molecule has 0 saturated carbocycles. The van der Waals surface area contributed by atoms with Crippen LogP contribution in [0.4, 0.5) is 0 Å². The molecule has 124 valence electrons. The maximum atomic E-state index is 12.3. The fraction of sp³-hybridized carbons (Fsp3) is 0.500. The van der Waals surface area contributed by atoms with Crippen LogP contribution in [0.5, 0.6) is 0 Å². The van der Waals surface area contributed by atoms with Crippen molar-refractivity contribution < 1.29 is 13.9 Å². The molecule has 1 aliphatic rings. The smallest absolute Gasteiger partial charge is 0.236 e. The number of rotatable bonds is 5. The van der Waals surface area contributed by atoms with Gasteiger partial charge in [0, 0.05) is 19.6 Å². The third kappa shape index (κ3) is 3.99. The van der Waals surface area contributed by atoms with Crippen LogP contribution < -0.4 is 0 Å². The van der Waals surface area contributed by atoms with E-state index in [0.717, 1.165) is 16.3 Å². The normalized spacial score (nSPS) is 15.3. The van der Waals surface area contributed by atoms with Gasteiger partial charge in [0.1, 0.15) is 5.76 Å². The highest BCUT2D eigenvalue weighted by Crippen LogP contribution is 2.26. The number of thiophene rings is 1. The molecule has 0 N–H and O–H groups in total. The first-order valence-corrected chi connectivity index (χ1v) is 8.55. The Hall–Kier alpha value is -1.70. The van der Waals surface area contributed by atoms with Crippen LogP contribution in [0.15, 0.2) is 21.9 Å². The van der Waals surface area contributed by atoms with Gasteiger partial charge in [0.2, 0.25) is 11.8 Å². The molecule has 0 aliphatic carbocycles. The second-order valence-electron chi connectivity index (χ2n) is 5.66. The minimum Gasteiger partial charge on any atom is -0.440 e. The molecule has 0 bridgehead atoms. The molecule has 7 heteroatoms. The van der Waals surface area contributed by atoms with Crippen LogP contribution in [0.25, 0.3) is 10.8 Å². The number of carbonyl (C=O) groups excluding carboxylic acids is 1. The largest absolute Gasteiger partial charge is 0.440 e. The second kappa shape index (κ2) is 7.25. The number of aryl methyl sites for hydroxylation is 1. The highest BCUT2D eigenvalue weighted by atomic mass is 32.1. The zero-order valence-electron chi connectivity index (χ0n) is 13.4. The minimum atomic E-state index is 0.135. The summed E-state index contributed by atoms with van der Waals surface area (Å²) in [7, 11) is 1.93. The van der Waals surface area contributed by atoms with E-state index in [1.54, 1.807) is 11.3 Å². The Morgan fingerprint density at radius 1 is 1.43 bits per heavy atom. The van der Waals surface area contributed by atoms with E-state index >= 15 is 0 Å². The number of ether oxygens (including phenoxy) is 1. The predicted molar refractivity (Wildman–Crippen MR) is 88.3 cm³/mol. The summed E-state index contributed by atoms with van der Waals surface area (Å²) in [6, 6.07) is 3.97. The number of aromatic nitrogens is 1. The molecular weight excluding hydrogens is 314 g/mol. The summed E-state index contributed by atoms with van der Waals surface area (Å²) in [6.07, 6.45) is 0. The van der Waals surface area contributed by atoms with Crippen molar-refractivity contribution in [1.82, 2.24) is 14.8 Å². The van der Waals surface area contributed by atoms with Gasteiger partial charge in [-0.25, -0.2) is 4.98 Å². The molecule has 0 aromatic carbocycles. The van der Waals surface area contributed by atoms with Crippen molar-refractivity contribution in [3.05, 3.63) is 29.0 Å². The molecule has 1 aliphatic heterocycles. The monoisotopic (exact) mass is 335 g/mol. The minimum absolute atomic E-state index is 0.135. The lowest BCUT2D eigenvalue weighted by Crippen LogP contribution is -2.44. The summed E-state index contributed by atoms with van der Waals surface area (Å²) >= 11 is 1.60. The Bertz CT molecular complexity index is 648. The van der Waals surface area contributed by atoms with E-state index < -0.39 is 0 Å². The molecule has 23 heavy (non-hydrogen) atoms. The number of carbonyl (C=O) groups is 1. The SMILES string of the molecule is Cc1oc(-c2cccs2)nc1CN(C)CC(=O)N1CCOCC1. The maximum absolute atomic E-state index is 12.3. The van der Waals surface area contributed by atoms with E-state index in [1.807, 2.05) is 41.3 Å². The van der Waals surface area contributed by atoms with Gasteiger partial charge in [-0.15, -0.1) is 11.3 Å². The van der Waals surface area contributed by atoms with Crippen LogP contribution in [0.1, 0.15) is 11.5 Å². The highest BCUT2D eigenvalue weighted by molar-refractivity contribution is 7.13. The van der Waals surface area contributed by atoms with E-state index in [9.17, 15) is 4.79 Å². The highest BCUT2D eigenvalue weighted by Gasteiger charge is 2.20. The number of hydrogen-bond donors (Lipinski definition) is 0. The molecule has 2 aromatic heterocycles. The number of oxazole rings is 1. The van der Waals surface area contributed by atoms with Crippen molar-refractivity contribution in [1.29, 1.82) is 0 Å². The molecule has 3 heterocycles. The lowest BCUT2D eigenvalue weighted by molar-refractivity contribution is -0.136. The summed E-state index contributed by atoms with van der Waals surface area (Å²) < 4.78 is 11.0. The first kappa shape index (κ1) is 16.2. The molecular formula is C16H21N3O3S. The number of hydrogen-bond acceptors (Lipinski definition) is 6. The van der Waals surface area contributed by atoms with Crippen LogP contribution in [0.2, 0.25) is 0 Å². The van der Waals surface area contributed by atoms with Crippen LogP contribution >= 0.6 is 11.3 Å². The van der Waals surface area contributed by atoms with Crippen LogP contribution in [0.3, 0.4) is 0 Å². The predicted octanol–water partition coefficient (Wildman–Crippen LogP) is 2.00. The fourth-order valence-corrected chi connectivity index (χ4v) is 3.18. The maximum Gasteiger partial charge on any atom is 0.236 e. The Morgan fingerprint density at radius 3 is 2.91 bits per heavy atom. The lowest BCUT2D eigenvalue weighted by atomic mass is 10.3. The molecule has 3 rings (SSSR count). The van der Waals surface area contributed by atoms with Crippen molar-refractivity contribution in [2.24, 2.45) is 0 Å². The third-order valence-corrected chi connectivity index (χ3v) is 4.67. The van der Waals surface area contributed by atoms with Crippen LogP contribution in [-0.4, -0.2) is 60.6 Å². The zero-order chi connectivity index (χ0) is 16.2. The number of likely N-dealkylation sites (N-methyl/N-ethyl adjacent to an activating group) is 1. The van der Waals surface area contributed by atoms with E-state index in [4.69, 9.17) is 9.15 Å². The molecule has 1 saturated heterocycles. The topological polar surface area (TPSA) is 58.8 Å². The summed E-state index contributed by atoms with van der Waals surface area (Å²) in [5.74, 6) is 1.59. The van der Waals surface area contributed by atoms with Gasteiger partial charge in [-0.05, 0) is 25.4 Å². The summed E-state index contributed by atoms with van der Waals surface area (Å²) in [4.78, 5) is 21.7. The van der Waals surface area contributed by atoms with Crippen LogP contribution in [0, 0.1) is 6.92 Å². The number of nitrogens with zero attached hydrogens (tertiary/aromatic N) is 3. The van der Waals surface area contributed by atoms with Crippen molar-refractivity contribution >= 4 is 17.2 Å². The Morgan fingerprint density at radius 2 is 2.22 bits per heavy atom. The van der Waals surface area contributed by atoms with Gasteiger partial charge < -0.3 is 14.1 Å². The van der Waals surface area contributed by atoms with E-state index in [1.165, 1.54) is 0 Å². The average Bonchev–Trinajstić information content (AvgIpc) is 3.18. The van der Waals surface area contributed by atoms with E-state index in [2.05, 4.69) is 4.98 Å². The van der Waals surface area contributed by atoms with Crippen molar-refractivity contribution in [2.75, 3.05) is 39.9 Å². The first-order chi connectivity index (χ1) is 11.1. The second-order valence-corrected chi connectivity index (χ2v) is 6.61. The number of amides is 1. The van der Waals surface area contributed by atoms with Gasteiger partial charge in [0.15, 0.2) is 0 Å². The molecule has 1 amide bonds. The van der Waals surface area contributed by atoms with Gasteiger partial charge >= 0.3 is 0 Å². The average molecular weight is 335 g/mol. The lowest BCUT2D eigenvalue weighted by Gasteiger charge is -2.28. The number of morpholine rings is 1. The van der Waals surface area contributed by atoms with Crippen molar-refractivity contribution in [2.45, 2.75) is 13.5 Å². The molecule has 0 unspecified atom stereocenters. The zero-order valence-corrected chi connectivity index (χ0v) is 14.3. The molecule has 1 fully saturated rings. The molecule has 2 aromatic rings. The van der Waals surface area contributed by atoms with E-state index in [0.29, 0.717) is 45.3 Å². The van der Waals surface area contributed by atoms with Gasteiger partial charge in [0.25, 0.3) is 0 Å². The third-order valence-electron chi connectivity index (χ3n) is 3.81. The fourth-order valence-electron chi connectivity index (χ4n) is 2.54.